The van der Waals surface area contributed by atoms with Gasteiger partial charge in [-0.2, -0.15) is 0 Å². The minimum atomic E-state index is 0.0736. The molecule has 2 amide bonds. The van der Waals surface area contributed by atoms with Gasteiger partial charge >= 0.3 is 0 Å². The molecule has 0 N–H and O–H groups in total. The summed E-state index contributed by atoms with van der Waals surface area (Å²) < 4.78 is 0. The van der Waals surface area contributed by atoms with E-state index in [1.807, 2.05) is 17.0 Å². The van der Waals surface area contributed by atoms with Gasteiger partial charge in [-0.05, 0) is 49.5 Å². The zero-order chi connectivity index (χ0) is 16.7. The summed E-state index contributed by atoms with van der Waals surface area (Å²) in [5.74, 6) is 0.231. The Hall–Kier alpha value is -1.88. The summed E-state index contributed by atoms with van der Waals surface area (Å²) >= 11 is 0. The Morgan fingerprint density at radius 2 is 1.75 bits per heavy atom. The molecule has 5 nitrogen and oxygen atoms in total. The minimum Gasteiger partial charge on any atom is -0.333 e. The Bertz CT molecular complexity index is 639. The SMILES string of the molecule is CN1CCC2(CC1)CC(=O)N(CC(=O)N1Cc3ccccc3C1)C2. The summed E-state index contributed by atoms with van der Waals surface area (Å²) in [5.41, 5.74) is 2.56. The van der Waals surface area contributed by atoms with Crippen LogP contribution in [0.5, 0.6) is 0 Å². The topological polar surface area (TPSA) is 43.9 Å². The van der Waals surface area contributed by atoms with E-state index >= 15 is 0 Å². The maximum atomic E-state index is 12.7. The fraction of sp³-hybridized carbons (Fsp3) is 0.579. The molecule has 3 aliphatic heterocycles. The first-order chi connectivity index (χ1) is 11.5. The fourth-order valence-electron chi connectivity index (χ4n) is 4.33. The monoisotopic (exact) mass is 327 g/mol. The van der Waals surface area contributed by atoms with Crippen LogP contribution in [0.15, 0.2) is 24.3 Å². The zero-order valence-corrected chi connectivity index (χ0v) is 14.3. The highest BCUT2D eigenvalue weighted by atomic mass is 16.2. The molecule has 3 aliphatic rings. The van der Waals surface area contributed by atoms with E-state index in [2.05, 4.69) is 24.1 Å². The number of rotatable bonds is 2. The molecule has 0 atom stereocenters. The molecule has 24 heavy (non-hydrogen) atoms. The lowest BCUT2D eigenvalue weighted by molar-refractivity contribution is -0.138. The molecule has 0 aromatic heterocycles. The summed E-state index contributed by atoms with van der Waals surface area (Å²) in [7, 11) is 2.13. The molecule has 2 fully saturated rings. The van der Waals surface area contributed by atoms with Crippen molar-refractivity contribution in [2.45, 2.75) is 32.4 Å². The van der Waals surface area contributed by atoms with Gasteiger partial charge in [0, 0.05) is 26.1 Å². The Labute approximate surface area is 143 Å². The molecule has 1 aromatic rings. The highest BCUT2D eigenvalue weighted by molar-refractivity contribution is 5.86. The largest absolute Gasteiger partial charge is 0.333 e. The second-order valence-electron chi connectivity index (χ2n) is 7.75. The summed E-state index contributed by atoms with van der Waals surface area (Å²) in [6.07, 6.45) is 2.75. The number of piperidine rings is 1. The van der Waals surface area contributed by atoms with Crippen LogP contribution >= 0.6 is 0 Å². The third kappa shape index (κ3) is 2.81. The van der Waals surface area contributed by atoms with E-state index in [-0.39, 0.29) is 23.8 Å². The quantitative estimate of drug-likeness (QED) is 0.826. The standard InChI is InChI=1S/C19H25N3O2/c1-20-8-6-19(7-9-20)10-17(23)22(14-19)13-18(24)21-11-15-4-2-3-5-16(15)12-21/h2-5H,6-14H2,1H3. The Kier molecular flexibility index (Phi) is 3.83. The molecule has 0 saturated carbocycles. The van der Waals surface area contributed by atoms with Gasteiger partial charge in [-0.1, -0.05) is 24.3 Å². The van der Waals surface area contributed by atoms with Crippen LogP contribution in [0.3, 0.4) is 0 Å². The molecule has 2 saturated heterocycles. The molecular weight excluding hydrogens is 302 g/mol. The van der Waals surface area contributed by atoms with Crippen LogP contribution in [0.25, 0.3) is 0 Å². The smallest absolute Gasteiger partial charge is 0.242 e. The van der Waals surface area contributed by atoms with Crippen molar-refractivity contribution in [1.82, 2.24) is 14.7 Å². The van der Waals surface area contributed by atoms with Crippen LogP contribution in [0, 0.1) is 5.41 Å². The third-order valence-corrected chi connectivity index (χ3v) is 5.97. The van der Waals surface area contributed by atoms with Crippen molar-refractivity contribution in [3.05, 3.63) is 35.4 Å². The van der Waals surface area contributed by atoms with Crippen LogP contribution in [0.2, 0.25) is 0 Å². The lowest BCUT2D eigenvalue weighted by Gasteiger charge is -2.37. The van der Waals surface area contributed by atoms with Crippen LogP contribution < -0.4 is 0 Å². The van der Waals surface area contributed by atoms with Gasteiger partial charge in [0.05, 0.1) is 6.54 Å². The molecule has 3 heterocycles. The van der Waals surface area contributed by atoms with Crippen molar-refractivity contribution in [3.63, 3.8) is 0 Å². The van der Waals surface area contributed by atoms with Crippen molar-refractivity contribution in [3.8, 4) is 0 Å². The lowest BCUT2D eigenvalue weighted by Crippen LogP contribution is -2.42. The highest BCUT2D eigenvalue weighted by Gasteiger charge is 2.45. The molecule has 1 spiro atoms. The highest BCUT2D eigenvalue weighted by Crippen LogP contribution is 2.40. The molecular formula is C19H25N3O2. The average molecular weight is 327 g/mol. The van der Waals surface area contributed by atoms with Gasteiger partial charge in [0.2, 0.25) is 11.8 Å². The fourth-order valence-corrected chi connectivity index (χ4v) is 4.33. The number of carbonyl (C=O) groups excluding carboxylic acids is 2. The van der Waals surface area contributed by atoms with Crippen molar-refractivity contribution >= 4 is 11.8 Å². The van der Waals surface area contributed by atoms with E-state index in [1.165, 1.54) is 11.1 Å². The first-order valence-electron chi connectivity index (χ1n) is 8.86. The number of hydrogen-bond acceptors (Lipinski definition) is 3. The summed E-state index contributed by atoms with van der Waals surface area (Å²) in [4.78, 5) is 31.1. The first-order valence-corrected chi connectivity index (χ1v) is 8.86. The Morgan fingerprint density at radius 3 is 2.38 bits per heavy atom. The summed E-state index contributed by atoms with van der Waals surface area (Å²) in [6, 6.07) is 8.19. The van der Waals surface area contributed by atoms with Crippen molar-refractivity contribution in [2.24, 2.45) is 5.41 Å². The number of hydrogen-bond donors (Lipinski definition) is 0. The van der Waals surface area contributed by atoms with Crippen molar-refractivity contribution in [1.29, 1.82) is 0 Å². The van der Waals surface area contributed by atoms with Crippen molar-refractivity contribution < 1.29 is 9.59 Å². The van der Waals surface area contributed by atoms with Crippen molar-refractivity contribution in [2.75, 3.05) is 33.2 Å². The van der Waals surface area contributed by atoms with Gasteiger partial charge in [-0.3, -0.25) is 9.59 Å². The van der Waals surface area contributed by atoms with Gasteiger partial charge in [-0.15, -0.1) is 0 Å². The predicted molar refractivity (Wildman–Crippen MR) is 91.1 cm³/mol. The maximum Gasteiger partial charge on any atom is 0.242 e. The summed E-state index contributed by atoms with van der Waals surface area (Å²) in [6.45, 7) is 4.45. The second kappa shape index (κ2) is 5.88. The molecule has 0 bridgehead atoms. The van der Waals surface area contributed by atoms with E-state index in [0.717, 1.165) is 32.5 Å². The first kappa shape index (κ1) is 15.6. The number of benzene rings is 1. The predicted octanol–water partition coefficient (Wildman–Crippen LogP) is 1.47. The van der Waals surface area contributed by atoms with E-state index in [4.69, 9.17) is 0 Å². The molecule has 0 radical (unpaired) electrons. The van der Waals surface area contributed by atoms with E-state index in [9.17, 15) is 9.59 Å². The van der Waals surface area contributed by atoms with E-state index < -0.39 is 0 Å². The third-order valence-electron chi connectivity index (χ3n) is 5.97. The van der Waals surface area contributed by atoms with Gasteiger partial charge in [0.1, 0.15) is 0 Å². The van der Waals surface area contributed by atoms with Gasteiger partial charge in [0.25, 0.3) is 0 Å². The number of fused-ring (bicyclic) bond motifs is 1. The molecule has 128 valence electrons. The van der Waals surface area contributed by atoms with Gasteiger partial charge in [-0.25, -0.2) is 0 Å². The van der Waals surface area contributed by atoms with Gasteiger partial charge < -0.3 is 14.7 Å². The normalized spacial score (nSPS) is 23.1. The molecule has 1 aromatic carbocycles. The number of carbonyl (C=O) groups is 2. The van der Waals surface area contributed by atoms with E-state index in [1.54, 1.807) is 4.90 Å². The molecule has 0 aliphatic carbocycles. The minimum absolute atomic E-state index is 0.0736. The van der Waals surface area contributed by atoms with Crippen LogP contribution in [0.1, 0.15) is 30.4 Å². The van der Waals surface area contributed by atoms with E-state index in [0.29, 0.717) is 19.5 Å². The molecule has 5 heteroatoms. The maximum absolute atomic E-state index is 12.7. The lowest BCUT2D eigenvalue weighted by atomic mass is 9.78. The summed E-state index contributed by atoms with van der Waals surface area (Å²) in [5, 5.41) is 0. The van der Waals surface area contributed by atoms with Crippen LogP contribution in [0.4, 0.5) is 0 Å². The average Bonchev–Trinajstić information content (AvgIpc) is 3.13. The number of amides is 2. The van der Waals surface area contributed by atoms with Crippen LogP contribution in [-0.4, -0.2) is 59.7 Å². The second-order valence-corrected chi connectivity index (χ2v) is 7.75. The van der Waals surface area contributed by atoms with Crippen LogP contribution in [-0.2, 0) is 22.7 Å². The molecule has 4 rings (SSSR count). The van der Waals surface area contributed by atoms with Gasteiger partial charge in [0.15, 0.2) is 0 Å². The number of likely N-dealkylation sites (tertiary alicyclic amines) is 2. The number of nitrogens with zero attached hydrogens (tertiary/aromatic N) is 3. The zero-order valence-electron chi connectivity index (χ0n) is 14.3. The Balaban J connectivity index is 1.38. The Morgan fingerprint density at radius 1 is 1.12 bits per heavy atom. The molecule has 0 unspecified atom stereocenters.